The van der Waals surface area contributed by atoms with Gasteiger partial charge >= 0.3 is 0 Å². The van der Waals surface area contributed by atoms with Crippen LogP contribution >= 0.6 is 0 Å². The zero-order chi connectivity index (χ0) is 18.4. The molecule has 1 N–H and O–H groups in total. The van der Waals surface area contributed by atoms with Crippen LogP contribution in [0, 0.1) is 6.92 Å². The third kappa shape index (κ3) is 2.83. The Balaban J connectivity index is 2.11. The van der Waals surface area contributed by atoms with Gasteiger partial charge in [-0.15, -0.1) is 0 Å². The first kappa shape index (κ1) is 17.2. The van der Waals surface area contributed by atoms with Crippen molar-refractivity contribution in [1.29, 1.82) is 0 Å². The summed E-state index contributed by atoms with van der Waals surface area (Å²) in [6.45, 7) is 3.75. The topological polar surface area (TPSA) is 43.8 Å². The van der Waals surface area contributed by atoms with Gasteiger partial charge in [0.15, 0.2) is 5.72 Å². The molecule has 0 aromatic heterocycles. The van der Waals surface area contributed by atoms with Crippen molar-refractivity contribution in [2.24, 2.45) is 0 Å². The lowest BCUT2D eigenvalue weighted by molar-refractivity contribution is -0.0614. The Bertz CT molecular complexity index is 866. The smallest absolute Gasteiger partial charge is 0.253 e. The quantitative estimate of drug-likeness (QED) is 0.916. The lowest BCUT2D eigenvalue weighted by Crippen LogP contribution is -2.40. The maximum absolute atomic E-state index is 12.3. The SMILES string of the molecule is Cc1cc(C2=CN(C)C(C)(O)c3ccccc32)ccc1C(=O)N(C)C. The van der Waals surface area contributed by atoms with Crippen molar-refractivity contribution in [3.8, 4) is 0 Å². The Labute approximate surface area is 149 Å². The van der Waals surface area contributed by atoms with Gasteiger partial charge in [0.05, 0.1) is 0 Å². The number of aliphatic hydroxyl groups is 1. The van der Waals surface area contributed by atoms with Crippen molar-refractivity contribution >= 4 is 11.5 Å². The van der Waals surface area contributed by atoms with Gasteiger partial charge in [0.25, 0.3) is 5.91 Å². The van der Waals surface area contributed by atoms with Gasteiger partial charge in [-0.2, -0.15) is 0 Å². The van der Waals surface area contributed by atoms with Gasteiger partial charge in [0.2, 0.25) is 0 Å². The summed E-state index contributed by atoms with van der Waals surface area (Å²) in [5.74, 6) is 0.00197. The molecule has 0 saturated heterocycles. The standard InChI is InChI=1S/C21H24N2O2/c1-14-12-15(10-11-16(14)20(24)22(3)4)18-13-23(5)21(2,25)19-9-7-6-8-17(18)19/h6-13,25H,1-5H3. The van der Waals surface area contributed by atoms with E-state index in [1.807, 2.05) is 67.5 Å². The van der Waals surface area contributed by atoms with Crippen molar-refractivity contribution in [1.82, 2.24) is 9.80 Å². The number of rotatable bonds is 2. The molecule has 1 unspecified atom stereocenters. The molecule has 0 spiro atoms. The largest absolute Gasteiger partial charge is 0.367 e. The van der Waals surface area contributed by atoms with E-state index in [9.17, 15) is 9.90 Å². The number of carbonyl (C=O) groups excluding carboxylic acids is 1. The highest BCUT2D eigenvalue weighted by Gasteiger charge is 2.34. The average molecular weight is 336 g/mol. The zero-order valence-corrected chi connectivity index (χ0v) is 15.4. The van der Waals surface area contributed by atoms with E-state index >= 15 is 0 Å². The maximum atomic E-state index is 12.3. The number of carbonyl (C=O) groups is 1. The first-order valence-corrected chi connectivity index (χ1v) is 8.33. The number of fused-ring (bicyclic) bond motifs is 1. The predicted molar refractivity (Wildman–Crippen MR) is 100 cm³/mol. The lowest BCUT2D eigenvalue weighted by atomic mass is 9.85. The molecule has 1 aliphatic rings. The number of hydrogen-bond acceptors (Lipinski definition) is 3. The molecule has 2 aromatic rings. The van der Waals surface area contributed by atoms with Crippen molar-refractivity contribution in [2.45, 2.75) is 19.6 Å². The highest BCUT2D eigenvalue weighted by Crippen LogP contribution is 2.39. The summed E-state index contributed by atoms with van der Waals surface area (Å²) in [6.07, 6.45) is 1.96. The molecule has 1 amide bonds. The van der Waals surface area contributed by atoms with Gasteiger partial charge in [0, 0.05) is 44.0 Å². The molecule has 2 aromatic carbocycles. The Kier molecular flexibility index (Phi) is 4.17. The molecule has 3 rings (SSSR count). The monoisotopic (exact) mass is 336 g/mol. The fourth-order valence-corrected chi connectivity index (χ4v) is 3.25. The number of nitrogens with zero attached hydrogens (tertiary/aromatic N) is 2. The molecule has 0 bridgehead atoms. The third-order valence-corrected chi connectivity index (χ3v) is 4.91. The molecule has 1 heterocycles. The molecule has 4 nitrogen and oxygen atoms in total. The Hall–Kier alpha value is -2.59. The number of hydrogen-bond donors (Lipinski definition) is 1. The molecule has 0 saturated carbocycles. The fourth-order valence-electron chi connectivity index (χ4n) is 3.25. The molecule has 4 heteroatoms. The normalized spacial score (nSPS) is 19.3. The Morgan fingerprint density at radius 2 is 1.84 bits per heavy atom. The van der Waals surface area contributed by atoms with Crippen molar-refractivity contribution in [2.75, 3.05) is 21.1 Å². The van der Waals surface area contributed by atoms with Crippen LogP contribution in [0.25, 0.3) is 5.57 Å². The van der Waals surface area contributed by atoms with E-state index in [-0.39, 0.29) is 5.91 Å². The maximum Gasteiger partial charge on any atom is 0.253 e. The predicted octanol–water partition coefficient (Wildman–Crippen LogP) is 3.20. The molecule has 1 atom stereocenters. The number of amides is 1. The number of benzene rings is 2. The first-order valence-electron chi connectivity index (χ1n) is 8.33. The molecule has 0 radical (unpaired) electrons. The van der Waals surface area contributed by atoms with E-state index in [0.717, 1.165) is 27.8 Å². The van der Waals surface area contributed by atoms with E-state index in [1.54, 1.807) is 25.9 Å². The third-order valence-electron chi connectivity index (χ3n) is 4.91. The van der Waals surface area contributed by atoms with Crippen LogP contribution in [0.4, 0.5) is 0 Å². The molecule has 25 heavy (non-hydrogen) atoms. The Morgan fingerprint density at radius 1 is 1.16 bits per heavy atom. The summed E-state index contributed by atoms with van der Waals surface area (Å²) >= 11 is 0. The van der Waals surface area contributed by atoms with E-state index in [0.29, 0.717) is 5.56 Å². The van der Waals surface area contributed by atoms with E-state index < -0.39 is 5.72 Å². The highest BCUT2D eigenvalue weighted by atomic mass is 16.3. The van der Waals surface area contributed by atoms with Gasteiger partial charge in [-0.05, 0) is 36.6 Å². The summed E-state index contributed by atoms with van der Waals surface area (Å²) < 4.78 is 0. The second-order valence-electron chi connectivity index (χ2n) is 6.95. The van der Waals surface area contributed by atoms with Crippen LogP contribution < -0.4 is 0 Å². The van der Waals surface area contributed by atoms with Crippen molar-refractivity contribution in [3.63, 3.8) is 0 Å². The van der Waals surface area contributed by atoms with Crippen LogP contribution in [0.3, 0.4) is 0 Å². The van der Waals surface area contributed by atoms with Crippen LogP contribution in [-0.2, 0) is 5.72 Å². The van der Waals surface area contributed by atoms with Gasteiger partial charge in [-0.25, -0.2) is 0 Å². The van der Waals surface area contributed by atoms with Crippen LogP contribution in [0.1, 0.15) is 39.5 Å². The molecule has 1 aliphatic heterocycles. The van der Waals surface area contributed by atoms with Gasteiger partial charge < -0.3 is 14.9 Å². The summed E-state index contributed by atoms with van der Waals surface area (Å²) in [4.78, 5) is 15.7. The van der Waals surface area contributed by atoms with Crippen LogP contribution in [0.5, 0.6) is 0 Å². The molecular formula is C21H24N2O2. The van der Waals surface area contributed by atoms with Crippen molar-refractivity contribution < 1.29 is 9.90 Å². The molecule has 0 aliphatic carbocycles. The van der Waals surface area contributed by atoms with Gasteiger partial charge in [0.1, 0.15) is 0 Å². The van der Waals surface area contributed by atoms with Crippen molar-refractivity contribution in [3.05, 3.63) is 76.5 Å². The van der Waals surface area contributed by atoms with E-state index in [1.165, 1.54) is 0 Å². The van der Waals surface area contributed by atoms with Crippen LogP contribution in [0.2, 0.25) is 0 Å². The first-order chi connectivity index (χ1) is 11.7. The molecular weight excluding hydrogens is 312 g/mol. The van der Waals surface area contributed by atoms with Crippen LogP contribution in [-0.4, -0.2) is 42.0 Å². The summed E-state index contributed by atoms with van der Waals surface area (Å²) in [5.41, 5.74) is 4.56. The zero-order valence-electron chi connectivity index (χ0n) is 15.4. The van der Waals surface area contributed by atoms with Gasteiger partial charge in [-0.3, -0.25) is 4.79 Å². The summed E-state index contributed by atoms with van der Waals surface area (Å²) in [6, 6.07) is 13.8. The summed E-state index contributed by atoms with van der Waals surface area (Å²) in [7, 11) is 5.38. The summed E-state index contributed by atoms with van der Waals surface area (Å²) in [5, 5.41) is 10.8. The van der Waals surface area contributed by atoms with E-state index in [4.69, 9.17) is 0 Å². The number of aryl methyl sites for hydroxylation is 1. The molecule has 0 fully saturated rings. The van der Waals surface area contributed by atoms with Gasteiger partial charge in [-0.1, -0.05) is 36.4 Å². The lowest BCUT2D eigenvalue weighted by Gasteiger charge is -2.39. The molecule has 130 valence electrons. The minimum atomic E-state index is -1.05. The minimum absolute atomic E-state index is 0.00197. The van der Waals surface area contributed by atoms with E-state index in [2.05, 4.69) is 0 Å². The highest BCUT2D eigenvalue weighted by molar-refractivity contribution is 5.96. The minimum Gasteiger partial charge on any atom is -0.367 e. The van der Waals surface area contributed by atoms with Crippen LogP contribution in [0.15, 0.2) is 48.7 Å². The second kappa shape index (κ2) is 6.05. The average Bonchev–Trinajstić information content (AvgIpc) is 2.57. The second-order valence-corrected chi connectivity index (χ2v) is 6.95. The fraction of sp³-hybridized carbons (Fsp3) is 0.286. The Morgan fingerprint density at radius 3 is 2.48 bits per heavy atom.